The van der Waals surface area contributed by atoms with Crippen LogP contribution in [0.2, 0.25) is 10.0 Å². The molecular formula is C15H11Cl2NO. The molecule has 2 aromatic rings. The average molecular weight is 292 g/mol. The molecule has 2 rings (SSSR count). The van der Waals surface area contributed by atoms with Crippen molar-refractivity contribution in [1.29, 1.82) is 0 Å². The maximum Gasteiger partial charge on any atom is 0.159 e. The molecule has 96 valence electrons. The molecule has 0 radical (unpaired) electrons. The second-order valence-electron chi connectivity index (χ2n) is 4.03. The van der Waals surface area contributed by atoms with Crippen molar-refractivity contribution >= 4 is 40.9 Å². The normalized spacial score (nSPS) is 10.9. The van der Waals surface area contributed by atoms with Gasteiger partial charge < -0.3 is 0 Å². The first-order chi connectivity index (χ1) is 9.06. The lowest BCUT2D eigenvalue weighted by Gasteiger charge is -2.00. The summed E-state index contributed by atoms with van der Waals surface area (Å²) in [5.74, 6) is 0.0153. The molecule has 0 aromatic heterocycles. The Morgan fingerprint density at radius 3 is 2.63 bits per heavy atom. The number of hydrogen-bond donors (Lipinski definition) is 0. The Morgan fingerprint density at radius 1 is 1.16 bits per heavy atom. The largest absolute Gasteiger partial charge is 0.295 e. The van der Waals surface area contributed by atoms with E-state index in [-0.39, 0.29) is 5.78 Å². The summed E-state index contributed by atoms with van der Waals surface area (Å²) in [4.78, 5) is 15.6. The van der Waals surface area contributed by atoms with Crippen molar-refractivity contribution in [3.8, 4) is 0 Å². The molecule has 19 heavy (non-hydrogen) atoms. The van der Waals surface area contributed by atoms with Crippen LogP contribution in [0.3, 0.4) is 0 Å². The zero-order valence-corrected chi connectivity index (χ0v) is 11.7. The van der Waals surface area contributed by atoms with E-state index in [9.17, 15) is 4.79 Å². The highest BCUT2D eigenvalue weighted by Crippen LogP contribution is 2.21. The number of hydrogen-bond acceptors (Lipinski definition) is 2. The van der Waals surface area contributed by atoms with Crippen LogP contribution in [0.15, 0.2) is 47.5 Å². The summed E-state index contributed by atoms with van der Waals surface area (Å²) in [6.45, 7) is 1.53. The van der Waals surface area contributed by atoms with E-state index in [1.165, 1.54) is 6.92 Å². The number of carbonyl (C=O) groups is 1. The molecule has 0 unspecified atom stereocenters. The van der Waals surface area contributed by atoms with E-state index in [2.05, 4.69) is 4.99 Å². The van der Waals surface area contributed by atoms with Gasteiger partial charge in [0.2, 0.25) is 0 Å². The lowest BCUT2D eigenvalue weighted by Crippen LogP contribution is -1.90. The molecule has 0 N–H and O–H groups in total. The van der Waals surface area contributed by atoms with Crippen LogP contribution in [0.4, 0.5) is 5.69 Å². The molecule has 0 aliphatic rings. The molecule has 0 aliphatic carbocycles. The van der Waals surface area contributed by atoms with Crippen LogP contribution in [0.5, 0.6) is 0 Å². The summed E-state index contributed by atoms with van der Waals surface area (Å²) in [6.07, 6.45) is 1.65. The van der Waals surface area contributed by atoms with Gasteiger partial charge in [-0.15, -0.1) is 0 Å². The molecule has 0 atom stereocenters. The Bertz CT molecular complexity index is 650. The zero-order chi connectivity index (χ0) is 13.8. The predicted molar refractivity (Wildman–Crippen MR) is 80.2 cm³/mol. The van der Waals surface area contributed by atoms with Crippen LogP contribution in [0.25, 0.3) is 0 Å². The van der Waals surface area contributed by atoms with Gasteiger partial charge in [-0.25, -0.2) is 0 Å². The fourth-order valence-electron chi connectivity index (χ4n) is 1.56. The first-order valence-corrected chi connectivity index (χ1v) is 6.42. The molecular weight excluding hydrogens is 281 g/mol. The third-order valence-electron chi connectivity index (χ3n) is 2.57. The van der Waals surface area contributed by atoms with Crippen LogP contribution in [0, 0.1) is 0 Å². The Labute approximate surface area is 121 Å². The Kier molecular flexibility index (Phi) is 4.35. The van der Waals surface area contributed by atoms with E-state index in [1.807, 2.05) is 6.07 Å². The fourth-order valence-corrected chi connectivity index (χ4v) is 2.01. The average Bonchev–Trinajstić information content (AvgIpc) is 2.38. The molecule has 4 heteroatoms. The maximum atomic E-state index is 11.3. The molecule has 0 fully saturated rings. The summed E-state index contributed by atoms with van der Waals surface area (Å²) in [5, 5.41) is 1.12. The molecule has 0 saturated heterocycles. The maximum absolute atomic E-state index is 11.3. The smallest absolute Gasteiger partial charge is 0.159 e. The van der Waals surface area contributed by atoms with E-state index < -0.39 is 0 Å². The van der Waals surface area contributed by atoms with Gasteiger partial charge in [0, 0.05) is 22.4 Å². The number of benzene rings is 2. The molecule has 0 amide bonds. The van der Waals surface area contributed by atoms with E-state index >= 15 is 0 Å². The Morgan fingerprint density at radius 2 is 1.95 bits per heavy atom. The molecule has 0 spiro atoms. The first kappa shape index (κ1) is 13.8. The van der Waals surface area contributed by atoms with E-state index in [1.54, 1.807) is 42.6 Å². The second kappa shape index (κ2) is 6.00. The Balaban J connectivity index is 2.27. The van der Waals surface area contributed by atoms with Gasteiger partial charge in [-0.05, 0) is 31.2 Å². The van der Waals surface area contributed by atoms with Gasteiger partial charge in [0.25, 0.3) is 0 Å². The van der Waals surface area contributed by atoms with E-state index in [0.717, 1.165) is 5.56 Å². The zero-order valence-electron chi connectivity index (χ0n) is 10.2. The number of nitrogens with zero attached hydrogens (tertiary/aromatic N) is 1. The number of ketones is 1. The van der Waals surface area contributed by atoms with Crippen LogP contribution in [-0.2, 0) is 0 Å². The van der Waals surface area contributed by atoms with Crippen molar-refractivity contribution < 1.29 is 4.79 Å². The number of Topliss-reactive ketones (excluding diaryl/α,β-unsaturated/α-hetero) is 1. The second-order valence-corrected chi connectivity index (χ2v) is 4.87. The van der Waals surface area contributed by atoms with Gasteiger partial charge in [0.15, 0.2) is 5.78 Å². The summed E-state index contributed by atoms with van der Waals surface area (Å²) in [6, 6.07) is 12.3. The topological polar surface area (TPSA) is 29.4 Å². The van der Waals surface area contributed by atoms with Crippen LogP contribution < -0.4 is 0 Å². The molecule has 2 nitrogen and oxygen atoms in total. The first-order valence-electron chi connectivity index (χ1n) is 5.66. The standard InChI is InChI=1S/C15H11Cl2NO/c1-10(19)11-3-2-4-14(7-11)18-9-12-5-6-13(16)8-15(12)17/h2-9H,1H3. The highest BCUT2D eigenvalue weighted by atomic mass is 35.5. The minimum atomic E-state index is 0.0153. The third-order valence-corrected chi connectivity index (χ3v) is 3.13. The monoisotopic (exact) mass is 291 g/mol. The summed E-state index contributed by atoms with van der Waals surface area (Å²) in [5.41, 5.74) is 2.12. The van der Waals surface area contributed by atoms with Crippen molar-refractivity contribution in [2.45, 2.75) is 6.92 Å². The number of halogens is 2. The summed E-state index contributed by atoms with van der Waals surface area (Å²) < 4.78 is 0. The van der Waals surface area contributed by atoms with Gasteiger partial charge in [-0.3, -0.25) is 9.79 Å². The molecule has 0 saturated carbocycles. The Hall–Kier alpha value is -1.64. The number of aliphatic imine (C=N–C) groups is 1. The molecule has 0 heterocycles. The molecule has 0 aliphatic heterocycles. The molecule has 2 aromatic carbocycles. The van der Waals surface area contributed by atoms with Gasteiger partial charge in [-0.2, -0.15) is 0 Å². The van der Waals surface area contributed by atoms with Crippen molar-refractivity contribution in [3.05, 3.63) is 63.6 Å². The van der Waals surface area contributed by atoms with Crippen molar-refractivity contribution in [3.63, 3.8) is 0 Å². The predicted octanol–water partition coefficient (Wildman–Crippen LogP) is 4.95. The lowest BCUT2D eigenvalue weighted by molar-refractivity contribution is 0.101. The fraction of sp³-hybridized carbons (Fsp3) is 0.0667. The van der Waals surface area contributed by atoms with Gasteiger partial charge in [-0.1, -0.05) is 41.4 Å². The van der Waals surface area contributed by atoms with Gasteiger partial charge in [0.05, 0.1) is 10.7 Å². The quantitative estimate of drug-likeness (QED) is 0.581. The SMILES string of the molecule is CC(=O)c1cccc(N=Cc2ccc(Cl)cc2Cl)c1. The minimum absolute atomic E-state index is 0.0153. The van der Waals surface area contributed by atoms with Crippen LogP contribution in [0.1, 0.15) is 22.8 Å². The van der Waals surface area contributed by atoms with Gasteiger partial charge in [0.1, 0.15) is 0 Å². The lowest BCUT2D eigenvalue weighted by atomic mass is 10.1. The van der Waals surface area contributed by atoms with E-state index in [0.29, 0.717) is 21.3 Å². The number of rotatable bonds is 3. The highest BCUT2D eigenvalue weighted by Gasteiger charge is 2.00. The third kappa shape index (κ3) is 3.66. The minimum Gasteiger partial charge on any atom is -0.295 e. The summed E-state index contributed by atoms with van der Waals surface area (Å²) >= 11 is 11.9. The van der Waals surface area contributed by atoms with Crippen molar-refractivity contribution in [2.75, 3.05) is 0 Å². The van der Waals surface area contributed by atoms with Crippen molar-refractivity contribution in [2.24, 2.45) is 4.99 Å². The highest BCUT2D eigenvalue weighted by molar-refractivity contribution is 6.36. The van der Waals surface area contributed by atoms with Crippen molar-refractivity contribution in [1.82, 2.24) is 0 Å². The molecule has 0 bridgehead atoms. The number of carbonyl (C=O) groups excluding carboxylic acids is 1. The summed E-state index contributed by atoms with van der Waals surface area (Å²) in [7, 11) is 0. The van der Waals surface area contributed by atoms with Crippen LogP contribution in [-0.4, -0.2) is 12.0 Å². The van der Waals surface area contributed by atoms with Gasteiger partial charge >= 0.3 is 0 Å². The van der Waals surface area contributed by atoms with Crippen LogP contribution >= 0.6 is 23.2 Å². The van der Waals surface area contributed by atoms with E-state index in [4.69, 9.17) is 23.2 Å².